The Kier molecular flexibility index (Phi) is 6.04. The van der Waals surface area contributed by atoms with Crippen molar-refractivity contribution in [2.24, 2.45) is 4.99 Å². The van der Waals surface area contributed by atoms with E-state index in [1.165, 1.54) is 0 Å². The van der Waals surface area contributed by atoms with E-state index in [2.05, 4.69) is 18.6 Å². The normalized spacial score (nSPS) is 15.3. The van der Waals surface area contributed by atoms with Crippen molar-refractivity contribution in [3.8, 4) is 5.75 Å². The minimum absolute atomic E-state index is 0.0708. The molecule has 0 spiro atoms. The number of methoxy groups -OCH3 is 1. The van der Waals surface area contributed by atoms with Crippen LogP contribution in [0.1, 0.15) is 55.6 Å². The molecule has 1 N–H and O–H groups in total. The first kappa shape index (κ1) is 22.0. The molecule has 0 unspecified atom stereocenters. The van der Waals surface area contributed by atoms with Crippen LogP contribution in [-0.2, 0) is 16.4 Å². The Balaban J connectivity index is 1.82. The van der Waals surface area contributed by atoms with E-state index < -0.39 is 15.3 Å². The van der Waals surface area contributed by atoms with E-state index >= 15 is 0 Å². The van der Waals surface area contributed by atoms with Crippen LogP contribution < -0.4 is 9.46 Å². The number of rotatable bonds is 7. The van der Waals surface area contributed by atoms with Crippen LogP contribution >= 0.6 is 0 Å². The molecule has 0 saturated carbocycles. The monoisotopic (exact) mass is 428 g/mol. The number of nitrogens with zero attached hydrogens (tertiary/aromatic N) is 1. The Morgan fingerprint density at radius 1 is 1.17 bits per heavy atom. The lowest BCUT2D eigenvalue weighted by Gasteiger charge is -2.29. The Morgan fingerprint density at radius 3 is 2.43 bits per heavy atom. The smallest absolute Gasteiger partial charge is 0.235 e. The molecule has 6 nitrogen and oxygen atoms in total. The van der Waals surface area contributed by atoms with Gasteiger partial charge in [-0.15, -0.1) is 0 Å². The van der Waals surface area contributed by atoms with E-state index in [-0.39, 0.29) is 17.7 Å². The molecule has 7 heteroatoms. The van der Waals surface area contributed by atoms with Gasteiger partial charge in [0.05, 0.1) is 30.0 Å². The molecule has 0 fully saturated rings. The van der Waals surface area contributed by atoms with Crippen molar-refractivity contribution in [2.75, 3.05) is 11.8 Å². The maximum atomic E-state index is 12.9. The molecule has 0 aromatic heterocycles. The number of benzene rings is 2. The van der Waals surface area contributed by atoms with Crippen molar-refractivity contribution in [1.29, 1.82) is 0 Å². The van der Waals surface area contributed by atoms with E-state index in [4.69, 9.17) is 9.73 Å². The molecule has 0 amide bonds. The Morgan fingerprint density at radius 2 is 1.83 bits per heavy atom. The number of fused-ring (bicyclic) bond motifs is 1. The summed E-state index contributed by atoms with van der Waals surface area (Å²) in [4.78, 5) is 17.8. The van der Waals surface area contributed by atoms with E-state index in [1.54, 1.807) is 45.2 Å². The van der Waals surface area contributed by atoms with Gasteiger partial charge in [-0.25, -0.2) is 8.42 Å². The number of hydrogen-bond acceptors (Lipinski definition) is 5. The van der Waals surface area contributed by atoms with Crippen LogP contribution in [0.3, 0.4) is 0 Å². The molecular formula is C23H28N2O4S. The summed E-state index contributed by atoms with van der Waals surface area (Å²) in [6.07, 6.45) is 0.968. The second-order valence-electron chi connectivity index (χ2n) is 8.44. The van der Waals surface area contributed by atoms with Crippen molar-refractivity contribution in [3.63, 3.8) is 0 Å². The SMILES string of the molecule is COc1ccc2c(c1)C(CC(=O)c1ccc(NS(=O)(=O)C(C)C)cc1)=NC(C)(C)C2. The number of Topliss-reactive ketones (excluding diaryl/α,β-unsaturated/α-hetero) is 1. The molecule has 0 aliphatic carbocycles. The van der Waals surface area contributed by atoms with Crippen LogP contribution in [0.15, 0.2) is 47.5 Å². The lowest BCUT2D eigenvalue weighted by Crippen LogP contribution is -2.30. The van der Waals surface area contributed by atoms with Gasteiger partial charge in [-0.05, 0) is 76.1 Å². The zero-order valence-electron chi connectivity index (χ0n) is 18.0. The van der Waals surface area contributed by atoms with Gasteiger partial charge in [0.15, 0.2) is 5.78 Å². The summed E-state index contributed by atoms with van der Waals surface area (Å²) in [6.45, 7) is 7.33. The second-order valence-corrected chi connectivity index (χ2v) is 10.7. The fourth-order valence-electron chi connectivity index (χ4n) is 3.43. The first-order valence-corrected chi connectivity index (χ1v) is 11.5. The van der Waals surface area contributed by atoms with Gasteiger partial charge in [0.25, 0.3) is 0 Å². The molecule has 160 valence electrons. The third kappa shape index (κ3) is 4.90. The summed E-state index contributed by atoms with van der Waals surface area (Å²) in [5, 5.41) is -0.538. The largest absolute Gasteiger partial charge is 0.497 e. The number of anilines is 1. The lowest BCUT2D eigenvalue weighted by atomic mass is 9.85. The fourth-order valence-corrected chi connectivity index (χ4v) is 4.13. The minimum atomic E-state index is -3.43. The van der Waals surface area contributed by atoms with Gasteiger partial charge in [-0.1, -0.05) is 6.07 Å². The van der Waals surface area contributed by atoms with Crippen LogP contribution in [-0.4, -0.2) is 37.8 Å². The molecule has 2 aromatic rings. The first-order valence-electron chi connectivity index (χ1n) is 9.92. The molecule has 0 atom stereocenters. The fraction of sp³-hybridized carbons (Fsp3) is 0.391. The molecule has 1 aliphatic heterocycles. The topological polar surface area (TPSA) is 84.8 Å². The predicted molar refractivity (Wildman–Crippen MR) is 120 cm³/mol. The quantitative estimate of drug-likeness (QED) is 0.669. The maximum Gasteiger partial charge on any atom is 0.235 e. The van der Waals surface area contributed by atoms with Gasteiger partial charge in [0.1, 0.15) is 5.75 Å². The summed E-state index contributed by atoms with van der Waals surface area (Å²) in [5.41, 5.74) is 3.51. The zero-order valence-corrected chi connectivity index (χ0v) is 18.8. The van der Waals surface area contributed by atoms with Crippen LogP contribution in [0.4, 0.5) is 5.69 Å². The first-order chi connectivity index (χ1) is 14.0. The molecule has 2 aromatic carbocycles. The van der Waals surface area contributed by atoms with Crippen LogP contribution in [0.2, 0.25) is 0 Å². The number of nitrogens with one attached hydrogen (secondary N) is 1. The van der Waals surface area contributed by atoms with Crippen molar-refractivity contribution < 1.29 is 17.9 Å². The predicted octanol–water partition coefficient (Wildman–Crippen LogP) is 4.24. The van der Waals surface area contributed by atoms with Gasteiger partial charge in [0.2, 0.25) is 10.0 Å². The van der Waals surface area contributed by atoms with Crippen molar-refractivity contribution in [1.82, 2.24) is 0 Å². The van der Waals surface area contributed by atoms with E-state index in [0.29, 0.717) is 11.3 Å². The van der Waals surface area contributed by atoms with Crippen LogP contribution in [0, 0.1) is 0 Å². The van der Waals surface area contributed by atoms with E-state index in [1.807, 2.05) is 18.2 Å². The van der Waals surface area contributed by atoms with Gasteiger partial charge >= 0.3 is 0 Å². The molecule has 3 rings (SSSR count). The van der Waals surface area contributed by atoms with Crippen molar-refractivity contribution >= 4 is 27.2 Å². The summed E-state index contributed by atoms with van der Waals surface area (Å²) in [5.74, 6) is 0.661. The van der Waals surface area contributed by atoms with Gasteiger partial charge in [0, 0.05) is 16.8 Å². The van der Waals surface area contributed by atoms with Gasteiger partial charge < -0.3 is 4.74 Å². The van der Waals surface area contributed by atoms with E-state index in [0.717, 1.165) is 29.0 Å². The minimum Gasteiger partial charge on any atom is -0.497 e. The molecule has 1 aliphatic rings. The van der Waals surface area contributed by atoms with E-state index in [9.17, 15) is 13.2 Å². The number of carbonyl (C=O) groups excluding carboxylic acids is 1. The molecule has 1 heterocycles. The van der Waals surface area contributed by atoms with Crippen LogP contribution in [0.5, 0.6) is 5.75 Å². The molecule has 0 radical (unpaired) electrons. The highest BCUT2D eigenvalue weighted by Crippen LogP contribution is 2.31. The standard InChI is InChI=1S/C23H28N2O4S/c1-15(2)30(27,28)25-18-9-6-16(7-10-18)22(26)13-21-20-12-19(29-5)11-8-17(20)14-23(3,4)24-21/h6-12,15,25H,13-14H2,1-5H3. The Labute approximate surface area is 178 Å². The highest BCUT2D eigenvalue weighted by Gasteiger charge is 2.28. The highest BCUT2D eigenvalue weighted by molar-refractivity contribution is 7.93. The molecular weight excluding hydrogens is 400 g/mol. The summed E-state index contributed by atoms with van der Waals surface area (Å²) in [7, 11) is -1.81. The number of ketones is 1. The maximum absolute atomic E-state index is 12.9. The Bertz CT molecular complexity index is 1080. The summed E-state index contributed by atoms with van der Waals surface area (Å²) < 4.78 is 31.9. The van der Waals surface area contributed by atoms with Crippen molar-refractivity contribution in [3.05, 3.63) is 59.2 Å². The number of sulfonamides is 1. The van der Waals surface area contributed by atoms with Crippen LogP contribution in [0.25, 0.3) is 0 Å². The third-order valence-electron chi connectivity index (χ3n) is 5.10. The van der Waals surface area contributed by atoms with Gasteiger partial charge in [-0.2, -0.15) is 0 Å². The summed E-state index contributed by atoms with van der Waals surface area (Å²) in [6, 6.07) is 12.4. The number of carbonyl (C=O) groups is 1. The summed E-state index contributed by atoms with van der Waals surface area (Å²) >= 11 is 0. The average Bonchev–Trinajstić information content (AvgIpc) is 2.67. The second kappa shape index (κ2) is 8.22. The molecule has 0 bridgehead atoms. The highest BCUT2D eigenvalue weighted by atomic mass is 32.2. The molecule has 30 heavy (non-hydrogen) atoms. The average molecular weight is 429 g/mol. The Hall–Kier alpha value is -2.67. The zero-order chi connectivity index (χ0) is 22.1. The van der Waals surface area contributed by atoms with Gasteiger partial charge in [-0.3, -0.25) is 14.5 Å². The lowest BCUT2D eigenvalue weighted by molar-refractivity contribution is 0.100. The molecule has 0 saturated heterocycles. The van der Waals surface area contributed by atoms with Crippen molar-refractivity contribution in [2.45, 2.75) is 51.3 Å². The number of hydrogen-bond donors (Lipinski definition) is 1. The number of ether oxygens (including phenoxy) is 1. The third-order valence-corrected chi connectivity index (χ3v) is 6.87. The number of aliphatic imine (C=N–C) groups is 1.